The van der Waals surface area contributed by atoms with Gasteiger partial charge in [-0.3, -0.25) is 4.79 Å². The molecule has 1 atom stereocenters. The topological polar surface area (TPSA) is 65.2 Å². The SMILES string of the molecule is CCOC(=O)C(CC)c1nc(CC)no1. The first kappa shape index (κ1) is 11.7. The predicted molar refractivity (Wildman–Crippen MR) is 53.3 cm³/mol. The summed E-state index contributed by atoms with van der Waals surface area (Å²) in [6, 6.07) is 0. The van der Waals surface area contributed by atoms with Crippen molar-refractivity contribution in [3.05, 3.63) is 11.7 Å². The third kappa shape index (κ3) is 2.78. The van der Waals surface area contributed by atoms with Gasteiger partial charge in [0.05, 0.1) is 6.61 Å². The summed E-state index contributed by atoms with van der Waals surface area (Å²) >= 11 is 0. The predicted octanol–water partition coefficient (Wildman–Crippen LogP) is 1.69. The van der Waals surface area contributed by atoms with Crippen LogP contribution in [0.25, 0.3) is 0 Å². The van der Waals surface area contributed by atoms with Gasteiger partial charge in [-0.25, -0.2) is 0 Å². The number of nitrogens with zero attached hydrogens (tertiary/aromatic N) is 2. The van der Waals surface area contributed by atoms with Crippen molar-refractivity contribution in [3.8, 4) is 0 Å². The molecule has 1 rings (SSSR count). The highest BCUT2D eigenvalue weighted by atomic mass is 16.5. The van der Waals surface area contributed by atoms with E-state index >= 15 is 0 Å². The first-order chi connectivity index (χ1) is 7.22. The van der Waals surface area contributed by atoms with Crippen molar-refractivity contribution in [3.63, 3.8) is 0 Å². The molecular weight excluding hydrogens is 196 g/mol. The second-order valence-corrected chi connectivity index (χ2v) is 3.12. The molecular formula is C10H16N2O3. The normalized spacial score (nSPS) is 12.5. The molecule has 5 nitrogen and oxygen atoms in total. The van der Waals surface area contributed by atoms with Crippen LogP contribution in [0.2, 0.25) is 0 Å². The van der Waals surface area contributed by atoms with Crippen molar-refractivity contribution in [2.24, 2.45) is 0 Å². The largest absolute Gasteiger partial charge is 0.465 e. The van der Waals surface area contributed by atoms with Crippen LogP contribution >= 0.6 is 0 Å². The molecule has 1 aromatic heterocycles. The zero-order valence-corrected chi connectivity index (χ0v) is 9.32. The van der Waals surface area contributed by atoms with Gasteiger partial charge in [-0.2, -0.15) is 4.98 Å². The van der Waals surface area contributed by atoms with Crippen molar-refractivity contribution < 1.29 is 14.1 Å². The van der Waals surface area contributed by atoms with Crippen molar-refractivity contribution >= 4 is 5.97 Å². The molecule has 0 bridgehead atoms. The number of hydrogen-bond donors (Lipinski definition) is 0. The Hall–Kier alpha value is -1.39. The summed E-state index contributed by atoms with van der Waals surface area (Å²) in [5, 5.41) is 3.75. The third-order valence-electron chi connectivity index (χ3n) is 2.08. The molecule has 0 saturated heterocycles. The van der Waals surface area contributed by atoms with Crippen LogP contribution in [-0.2, 0) is 16.0 Å². The Morgan fingerprint density at radius 1 is 1.47 bits per heavy atom. The number of ether oxygens (including phenoxy) is 1. The summed E-state index contributed by atoms with van der Waals surface area (Å²) in [5.74, 6) is 0.240. The number of carbonyl (C=O) groups is 1. The maximum absolute atomic E-state index is 11.5. The molecule has 15 heavy (non-hydrogen) atoms. The van der Waals surface area contributed by atoms with Crippen molar-refractivity contribution in [2.45, 2.75) is 39.5 Å². The lowest BCUT2D eigenvalue weighted by atomic mass is 10.1. The minimum Gasteiger partial charge on any atom is -0.465 e. The highest BCUT2D eigenvalue weighted by Crippen LogP contribution is 2.19. The molecule has 0 saturated carbocycles. The first-order valence-corrected chi connectivity index (χ1v) is 5.21. The van der Waals surface area contributed by atoms with E-state index in [0.717, 1.165) is 0 Å². The van der Waals surface area contributed by atoms with Crippen LogP contribution in [-0.4, -0.2) is 22.7 Å². The molecule has 0 fully saturated rings. The Kier molecular flexibility index (Phi) is 4.27. The fourth-order valence-electron chi connectivity index (χ4n) is 1.24. The summed E-state index contributed by atoms with van der Waals surface area (Å²) in [7, 11) is 0. The average Bonchev–Trinajstić information content (AvgIpc) is 2.68. The summed E-state index contributed by atoms with van der Waals surface area (Å²) in [6.07, 6.45) is 1.30. The van der Waals surface area contributed by atoms with Crippen molar-refractivity contribution in [2.75, 3.05) is 6.61 Å². The number of rotatable bonds is 5. The lowest BCUT2D eigenvalue weighted by Gasteiger charge is -2.08. The van der Waals surface area contributed by atoms with E-state index in [2.05, 4.69) is 10.1 Å². The molecule has 0 radical (unpaired) electrons. The van der Waals surface area contributed by atoms with E-state index in [1.807, 2.05) is 13.8 Å². The number of hydrogen-bond acceptors (Lipinski definition) is 5. The maximum Gasteiger partial charge on any atom is 0.318 e. The molecule has 0 aromatic carbocycles. The van der Waals surface area contributed by atoms with Gasteiger partial charge >= 0.3 is 5.97 Å². The van der Waals surface area contributed by atoms with Crippen LogP contribution in [0.5, 0.6) is 0 Å². The minimum atomic E-state index is -0.433. The Labute approximate surface area is 88.8 Å². The van der Waals surface area contributed by atoms with Gasteiger partial charge in [-0.1, -0.05) is 19.0 Å². The fraction of sp³-hybridized carbons (Fsp3) is 0.700. The summed E-state index contributed by atoms with van der Waals surface area (Å²) in [6.45, 7) is 5.96. The monoisotopic (exact) mass is 212 g/mol. The second kappa shape index (κ2) is 5.48. The quantitative estimate of drug-likeness (QED) is 0.695. The van der Waals surface area contributed by atoms with Gasteiger partial charge in [0.1, 0.15) is 5.92 Å². The Morgan fingerprint density at radius 2 is 2.20 bits per heavy atom. The van der Waals surface area contributed by atoms with Gasteiger partial charge in [0.15, 0.2) is 5.82 Å². The summed E-state index contributed by atoms with van der Waals surface area (Å²) < 4.78 is 9.94. The van der Waals surface area contributed by atoms with Crippen LogP contribution in [0.3, 0.4) is 0 Å². The van der Waals surface area contributed by atoms with Crippen LogP contribution < -0.4 is 0 Å². The van der Waals surface area contributed by atoms with Crippen LogP contribution in [0.1, 0.15) is 44.8 Å². The van der Waals surface area contributed by atoms with Crippen molar-refractivity contribution in [1.82, 2.24) is 10.1 Å². The molecule has 1 unspecified atom stereocenters. The first-order valence-electron chi connectivity index (χ1n) is 5.21. The van der Waals surface area contributed by atoms with E-state index in [1.54, 1.807) is 6.92 Å². The van der Waals surface area contributed by atoms with Gasteiger partial charge in [0.25, 0.3) is 0 Å². The van der Waals surface area contributed by atoms with Crippen LogP contribution in [0.4, 0.5) is 0 Å². The van der Waals surface area contributed by atoms with Crippen LogP contribution in [0, 0.1) is 0 Å². The van der Waals surface area contributed by atoms with Gasteiger partial charge < -0.3 is 9.26 Å². The fourth-order valence-corrected chi connectivity index (χ4v) is 1.24. The van der Waals surface area contributed by atoms with Gasteiger partial charge in [0, 0.05) is 6.42 Å². The highest BCUT2D eigenvalue weighted by Gasteiger charge is 2.25. The van der Waals surface area contributed by atoms with E-state index in [9.17, 15) is 4.79 Å². The number of esters is 1. The van der Waals surface area contributed by atoms with Crippen LogP contribution in [0.15, 0.2) is 4.52 Å². The number of carbonyl (C=O) groups excluding carboxylic acids is 1. The lowest BCUT2D eigenvalue weighted by Crippen LogP contribution is -2.15. The molecule has 5 heteroatoms. The second-order valence-electron chi connectivity index (χ2n) is 3.12. The lowest BCUT2D eigenvalue weighted by molar-refractivity contribution is -0.145. The Bertz CT molecular complexity index is 322. The molecule has 0 amide bonds. The zero-order chi connectivity index (χ0) is 11.3. The Morgan fingerprint density at radius 3 is 2.67 bits per heavy atom. The smallest absolute Gasteiger partial charge is 0.318 e. The number of aromatic nitrogens is 2. The van der Waals surface area contributed by atoms with Gasteiger partial charge in [0.2, 0.25) is 5.89 Å². The Balaban J connectivity index is 2.77. The summed E-state index contributed by atoms with van der Waals surface area (Å²) in [4.78, 5) is 15.6. The highest BCUT2D eigenvalue weighted by molar-refractivity contribution is 5.76. The van der Waals surface area contributed by atoms with E-state index in [4.69, 9.17) is 9.26 Å². The minimum absolute atomic E-state index is 0.300. The van der Waals surface area contributed by atoms with Gasteiger partial charge in [-0.15, -0.1) is 0 Å². The van der Waals surface area contributed by atoms with E-state index in [0.29, 0.717) is 31.2 Å². The van der Waals surface area contributed by atoms with E-state index in [-0.39, 0.29) is 5.97 Å². The molecule has 0 aliphatic carbocycles. The van der Waals surface area contributed by atoms with Crippen molar-refractivity contribution in [1.29, 1.82) is 0 Å². The maximum atomic E-state index is 11.5. The standard InChI is InChI=1S/C10H16N2O3/c1-4-7(10(13)14-6-3)9-11-8(5-2)12-15-9/h7H,4-6H2,1-3H3. The molecule has 0 aliphatic heterocycles. The number of aryl methyl sites for hydroxylation is 1. The van der Waals surface area contributed by atoms with Gasteiger partial charge in [-0.05, 0) is 13.3 Å². The molecule has 0 aliphatic rings. The molecule has 84 valence electrons. The average molecular weight is 212 g/mol. The zero-order valence-electron chi connectivity index (χ0n) is 9.32. The van der Waals surface area contributed by atoms with E-state index in [1.165, 1.54) is 0 Å². The third-order valence-corrected chi connectivity index (χ3v) is 2.08. The summed E-state index contributed by atoms with van der Waals surface area (Å²) in [5.41, 5.74) is 0. The van der Waals surface area contributed by atoms with E-state index < -0.39 is 5.92 Å². The molecule has 1 heterocycles. The molecule has 0 spiro atoms. The molecule has 0 N–H and O–H groups in total. The molecule has 1 aromatic rings.